The van der Waals surface area contributed by atoms with Crippen molar-refractivity contribution in [2.75, 3.05) is 13.1 Å². The summed E-state index contributed by atoms with van der Waals surface area (Å²) in [7, 11) is -3.57. The Hall–Kier alpha value is -1.51. The lowest BCUT2D eigenvalue weighted by molar-refractivity contribution is -0.385. The molecule has 1 aliphatic heterocycles. The highest BCUT2D eigenvalue weighted by Gasteiger charge is 2.31. The zero-order valence-corrected chi connectivity index (χ0v) is 12.8. The summed E-state index contributed by atoms with van der Waals surface area (Å²) in [5.74, 6) is -0.344. The number of nitrogens with zero attached hydrogens (tertiary/aromatic N) is 2. The van der Waals surface area contributed by atoms with Crippen LogP contribution in [-0.2, 0) is 15.8 Å². The van der Waals surface area contributed by atoms with Crippen molar-refractivity contribution in [3.05, 3.63) is 39.9 Å². The molecule has 116 valence electrons. The highest BCUT2D eigenvalue weighted by Crippen LogP contribution is 2.22. The Labute approximate surface area is 124 Å². The van der Waals surface area contributed by atoms with Crippen molar-refractivity contribution in [2.45, 2.75) is 31.7 Å². The molecule has 1 aromatic carbocycles. The number of nitro benzene ring substituents is 1. The van der Waals surface area contributed by atoms with Gasteiger partial charge in [0.15, 0.2) is 0 Å². The fourth-order valence-electron chi connectivity index (χ4n) is 2.60. The average Bonchev–Trinajstić information content (AvgIpc) is 2.37. The Balaban J connectivity index is 2.24. The molecule has 1 saturated heterocycles. The molecule has 2 rings (SSSR count). The van der Waals surface area contributed by atoms with E-state index in [4.69, 9.17) is 0 Å². The molecule has 1 fully saturated rings. The Kier molecular flexibility index (Phi) is 4.60. The van der Waals surface area contributed by atoms with Crippen LogP contribution >= 0.6 is 0 Å². The average molecular weight is 313 g/mol. The molecular weight excluding hydrogens is 294 g/mol. The monoisotopic (exact) mass is 313 g/mol. The molecule has 0 aliphatic carbocycles. The quantitative estimate of drug-likeness (QED) is 0.664. The van der Waals surface area contributed by atoms with Crippen LogP contribution < -0.4 is 5.32 Å². The lowest BCUT2D eigenvalue weighted by Crippen LogP contribution is -2.55. The first kappa shape index (κ1) is 15.9. The Morgan fingerprint density at radius 3 is 2.43 bits per heavy atom. The summed E-state index contributed by atoms with van der Waals surface area (Å²) >= 11 is 0. The van der Waals surface area contributed by atoms with E-state index in [-0.39, 0.29) is 29.1 Å². The predicted molar refractivity (Wildman–Crippen MR) is 79.4 cm³/mol. The third kappa shape index (κ3) is 3.78. The summed E-state index contributed by atoms with van der Waals surface area (Å²) in [4.78, 5) is 10.4. The highest BCUT2D eigenvalue weighted by molar-refractivity contribution is 7.88. The minimum atomic E-state index is -3.57. The van der Waals surface area contributed by atoms with Crippen LogP contribution in [0.25, 0.3) is 0 Å². The van der Waals surface area contributed by atoms with Gasteiger partial charge in [0, 0.05) is 36.8 Å². The van der Waals surface area contributed by atoms with Gasteiger partial charge in [0.1, 0.15) is 0 Å². The van der Waals surface area contributed by atoms with Crippen LogP contribution in [0.15, 0.2) is 24.3 Å². The van der Waals surface area contributed by atoms with E-state index in [1.54, 1.807) is 6.07 Å². The van der Waals surface area contributed by atoms with Crippen molar-refractivity contribution in [3.8, 4) is 0 Å². The Morgan fingerprint density at radius 1 is 1.29 bits per heavy atom. The molecule has 8 heteroatoms. The number of para-hydroxylation sites is 1. The molecular formula is C13H19N3O4S. The maximum Gasteiger partial charge on any atom is 0.273 e. The van der Waals surface area contributed by atoms with E-state index in [1.165, 1.54) is 22.5 Å². The van der Waals surface area contributed by atoms with E-state index >= 15 is 0 Å². The van der Waals surface area contributed by atoms with E-state index < -0.39 is 14.9 Å². The molecule has 7 nitrogen and oxygen atoms in total. The number of hydrogen-bond donors (Lipinski definition) is 1. The number of piperazine rings is 1. The first-order valence-electron chi connectivity index (χ1n) is 6.76. The maximum absolute atomic E-state index is 12.5. The highest BCUT2D eigenvalue weighted by atomic mass is 32.2. The molecule has 0 amide bonds. The van der Waals surface area contributed by atoms with E-state index in [9.17, 15) is 18.5 Å². The van der Waals surface area contributed by atoms with Gasteiger partial charge in [-0.05, 0) is 13.8 Å². The first-order valence-corrected chi connectivity index (χ1v) is 8.36. The SMILES string of the molecule is CC1CN(S(=O)(=O)Cc2ccccc2[N+](=O)[O-])CC(C)N1. The number of hydrogen-bond acceptors (Lipinski definition) is 5. The van der Waals surface area contributed by atoms with E-state index in [0.717, 1.165) is 0 Å². The lowest BCUT2D eigenvalue weighted by atomic mass is 10.2. The number of sulfonamides is 1. The molecule has 1 aliphatic rings. The minimum absolute atomic E-state index is 0.0642. The van der Waals surface area contributed by atoms with Crippen LogP contribution in [0.4, 0.5) is 5.69 Å². The van der Waals surface area contributed by atoms with Crippen LogP contribution in [0, 0.1) is 10.1 Å². The summed E-state index contributed by atoms with van der Waals surface area (Å²) in [6, 6.07) is 6.09. The second-order valence-electron chi connectivity index (χ2n) is 5.43. The summed E-state index contributed by atoms with van der Waals surface area (Å²) in [6.45, 7) is 4.60. The molecule has 0 radical (unpaired) electrons. The molecule has 2 unspecified atom stereocenters. The predicted octanol–water partition coefficient (Wildman–Crippen LogP) is 1.11. The fourth-order valence-corrected chi connectivity index (χ4v) is 4.32. The van der Waals surface area contributed by atoms with Crippen molar-refractivity contribution < 1.29 is 13.3 Å². The number of rotatable bonds is 4. The largest absolute Gasteiger partial charge is 0.309 e. The second kappa shape index (κ2) is 6.08. The molecule has 0 bridgehead atoms. The first-order chi connectivity index (χ1) is 9.79. The third-order valence-electron chi connectivity index (χ3n) is 3.44. The standard InChI is InChI=1S/C13H19N3O4S/c1-10-7-15(8-11(2)14-10)21(19,20)9-12-5-3-4-6-13(12)16(17)18/h3-6,10-11,14H,7-9H2,1-2H3. The molecule has 1 heterocycles. The van der Waals surface area contributed by atoms with Crippen LogP contribution in [0.2, 0.25) is 0 Å². The van der Waals surface area contributed by atoms with Gasteiger partial charge in [-0.15, -0.1) is 0 Å². The molecule has 0 saturated carbocycles. The molecule has 0 spiro atoms. The van der Waals surface area contributed by atoms with Crippen molar-refractivity contribution >= 4 is 15.7 Å². The second-order valence-corrected chi connectivity index (χ2v) is 7.40. The van der Waals surface area contributed by atoms with Gasteiger partial charge in [0.2, 0.25) is 10.0 Å². The summed E-state index contributed by atoms with van der Waals surface area (Å²) < 4.78 is 26.4. The van der Waals surface area contributed by atoms with E-state index in [1.807, 2.05) is 13.8 Å². The van der Waals surface area contributed by atoms with Crippen molar-refractivity contribution in [3.63, 3.8) is 0 Å². The zero-order chi connectivity index (χ0) is 15.6. The van der Waals surface area contributed by atoms with Crippen LogP contribution in [0.5, 0.6) is 0 Å². The van der Waals surface area contributed by atoms with Gasteiger partial charge >= 0.3 is 0 Å². The summed E-state index contributed by atoms with van der Waals surface area (Å²) in [6.07, 6.45) is 0. The minimum Gasteiger partial charge on any atom is -0.309 e. The van der Waals surface area contributed by atoms with E-state index in [2.05, 4.69) is 5.32 Å². The molecule has 1 N–H and O–H groups in total. The lowest BCUT2D eigenvalue weighted by Gasteiger charge is -2.35. The molecule has 0 aromatic heterocycles. The third-order valence-corrected chi connectivity index (χ3v) is 5.20. The summed E-state index contributed by atoms with van der Waals surface area (Å²) in [5, 5.41) is 14.2. The van der Waals surface area contributed by atoms with Gasteiger partial charge in [-0.3, -0.25) is 10.1 Å². The number of nitrogens with one attached hydrogen (secondary N) is 1. The van der Waals surface area contributed by atoms with Gasteiger partial charge in [0.25, 0.3) is 5.69 Å². The van der Waals surface area contributed by atoms with Crippen LogP contribution in [0.3, 0.4) is 0 Å². The smallest absolute Gasteiger partial charge is 0.273 e. The van der Waals surface area contributed by atoms with Gasteiger partial charge < -0.3 is 5.32 Å². The van der Waals surface area contributed by atoms with Crippen molar-refractivity contribution in [1.29, 1.82) is 0 Å². The number of benzene rings is 1. The molecule has 21 heavy (non-hydrogen) atoms. The van der Waals surface area contributed by atoms with Crippen molar-refractivity contribution in [1.82, 2.24) is 9.62 Å². The normalized spacial score (nSPS) is 23.9. The summed E-state index contributed by atoms with van der Waals surface area (Å²) in [5.41, 5.74) is 0.0682. The van der Waals surface area contributed by atoms with Gasteiger partial charge in [0.05, 0.1) is 10.7 Å². The maximum atomic E-state index is 12.5. The van der Waals surface area contributed by atoms with Crippen molar-refractivity contribution in [2.24, 2.45) is 0 Å². The van der Waals surface area contributed by atoms with Gasteiger partial charge in [-0.2, -0.15) is 4.31 Å². The Morgan fingerprint density at radius 2 is 1.86 bits per heavy atom. The van der Waals surface area contributed by atoms with Crippen LogP contribution in [0.1, 0.15) is 19.4 Å². The van der Waals surface area contributed by atoms with Crippen LogP contribution in [-0.4, -0.2) is 42.8 Å². The van der Waals surface area contributed by atoms with E-state index in [0.29, 0.717) is 13.1 Å². The van der Waals surface area contributed by atoms with Gasteiger partial charge in [-0.25, -0.2) is 8.42 Å². The fraction of sp³-hybridized carbons (Fsp3) is 0.538. The molecule has 1 aromatic rings. The topological polar surface area (TPSA) is 92.5 Å². The Bertz CT molecular complexity index is 622. The zero-order valence-electron chi connectivity index (χ0n) is 12.0. The number of nitro groups is 1. The molecule has 2 atom stereocenters. The van der Waals surface area contributed by atoms with Gasteiger partial charge in [-0.1, -0.05) is 18.2 Å².